The molecule has 0 spiro atoms. The number of esters is 1. The summed E-state index contributed by atoms with van der Waals surface area (Å²) in [5.74, 6) is -0.361. The molecule has 2 heterocycles. The molecule has 2 aromatic rings. The van der Waals surface area contributed by atoms with Crippen molar-refractivity contribution in [1.29, 1.82) is 0 Å². The van der Waals surface area contributed by atoms with E-state index in [-0.39, 0.29) is 30.2 Å². The summed E-state index contributed by atoms with van der Waals surface area (Å²) in [5, 5.41) is 13.6. The fraction of sp³-hybridized carbons (Fsp3) is 0.379. The highest BCUT2D eigenvalue weighted by Gasteiger charge is 2.42. The summed E-state index contributed by atoms with van der Waals surface area (Å²) in [5.41, 5.74) is 4.05. The average molecular weight is 490 g/mol. The third-order valence-electron chi connectivity index (χ3n) is 7.25. The van der Waals surface area contributed by atoms with Crippen molar-refractivity contribution in [2.75, 3.05) is 20.3 Å². The third-order valence-corrected chi connectivity index (χ3v) is 7.25. The number of methoxy groups -OCH3 is 1. The van der Waals surface area contributed by atoms with E-state index in [9.17, 15) is 14.7 Å². The van der Waals surface area contributed by atoms with Crippen LogP contribution in [-0.4, -0.2) is 43.3 Å². The molecule has 7 nitrogen and oxygen atoms in total. The van der Waals surface area contributed by atoms with Crippen LogP contribution in [0.25, 0.3) is 0 Å². The van der Waals surface area contributed by atoms with Crippen LogP contribution in [0.3, 0.4) is 0 Å². The number of ketones is 1. The SMILES string of the molecule is COc1ccccc1[C@H]1CC(=O)C2=C(C1)NC(C)=C(C(=O)OC[C@H]1CCCO1)[C@H]2c1cccc(O)c1. The number of para-hydroxylation sites is 1. The highest BCUT2D eigenvalue weighted by Crippen LogP contribution is 2.47. The summed E-state index contributed by atoms with van der Waals surface area (Å²) >= 11 is 0. The summed E-state index contributed by atoms with van der Waals surface area (Å²) in [6.45, 7) is 2.69. The van der Waals surface area contributed by atoms with Gasteiger partial charge in [-0.25, -0.2) is 4.79 Å². The van der Waals surface area contributed by atoms with E-state index >= 15 is 0 Å². The Labute approximate surface area is 210 Å². The molecular formula is C29H31NO6. The van der Waals surface area contributed by atoms with E-state index in [0.717, 1.165) is 29.9 Å². The molecule has 188 valence electrons. The van der Waals surface area contributed by atoms with Gasteiger partial charge in [-0.15, -0.1) is 0 Å². The normalized spacial score (nSPS) is 23.8. The molecular weight excluding hydrogens is 458 g/mol. The summed E-state index contributed by atoms with van der Waals surface area (Å²) in [6.07, 6.45) is 2.62. The van der Waals surface area contributed by atoms with Crippen LogP contribution < -0.4 is 10.1 Å². The summed E-state index contributed by atoms with van der Waals surface area (Å²) in [4.78, 5) is 27.1. The monoisotopic (exact) mass is 489 g/mol. The van der Waals surface area contributed by atoms with Gasteiger partial charge >= 0.3 is 5.97 Å². The summed E-state index contributed by atoms with van der Waals surface area (Å²) < 4.78 is 16.8. The Morgan fingerprint density at radius 3 is 2.75 bits per heavy atom. The molecule has 0 unspecified atom stereocenters. The molecule has 2 aromatic carbocycles. The number of hydrogen-bond acceptors (Lipinski definition) is 7. The molecule has 36 heavy (non-hydrogen) atoms. The van der Waals surface area contributed by atoms with Crippen LogP contribution in [0.5, 0.6) is 11.5 Å². The maximum Gasteiger partial charge on any atom is 0.336 e. The number of phenolic OH excluding ortho intramolecular Hbond substituents is 1. The van der Waals surface area contributed by atoms with E-state index in [1.807, 2.05) is 37.3 Å². The van der Waals surface area contributed by atoms with Gasteiger partial charge in [0.15, 0.2) is 5.78 Å². The minimum Gasteiger partial charge on any atom is -0.508 e. The van der Waals surface area contributed by atoms with Crippen LogP contribution >= 0.6 is 0 Å². The molecule has 0 saturated carbocycles. The fourth-order valence-electron chi connectivity index (χ4n) is 5.59. The second-order valence-corrected chi connectivity index (χ2v) is 9.59. The van der Waals surface area contributed by atoms with E-state index in [1.54, 1.807) is 25.3 Å². The van der Waals surface area contributed by atoms with E-state index in [4.69, 9.17) is 14.2 Å². The van der Waals surface area contributed by atoms with Gasteiger partial charge in [-0.3, -0.25) is 4.79 Å². The highest BCUT2D eigenvalue weighted by atomic mass is 16.6. The Balaban J connectivity index is 1.51. The lowest BCUT2D eigenvalue weighted by Crippen LogP contribution is -2.36. The number of carbonyl (C=O) groups excluding carboxylic acids is 2. The number of dihydropyridines is 1. The summed E-state index contributed by atoms with van der Waals surface area (Å²) in [6, 6.07) is 14.5. The maximum absolute atomic E-state index is 13.7. The number of ether oxygens (including phenoxy) is 3. The van der Waals surface area contributed by atoms with Gasteiger partial charge in [-0.2, -0.15) is 0 Å². The molecule has 3 atom stereocenters. The number of aromatic hydroxyl groups is 1. The van der Waals surface area contributed by atoms with Gasteiger partial charge < -0.3 is 24.6 Å². The Hall–Kier alpha value is -3.58. The van der Waals surface area contributed by atoms with Crippen LogP contribution in [0.2, 0.25) is 0 Å². The molecule has 5 rings (SSSR count). The van der Waals surface area contributed by atoms with Crippen molar-refractivity contribution in [1.82, 2.24) is 5.32 Å². The number of benzene rings is 2. The second-order valence-electron chi connectivity index (χ2n) is 9.59. The third kappa shape index (κ3) is 4.63. The van der Waals surface area contributed by atoms with Crippen molar-refractivity contribution in [3.8, 4) is 11.5 Å². The van der Waals surface area contributed by atoms with Crippen molar-refractivity contribution in [2.24, 2.45) is 0 Å². The molecule has 0 amide bonds. The van der Waals surface area contributed by atoms with Gasteiger partial charge in [0.05, 0.1) is 18.8 Å². The van der Waals surface area contributed by atoms with Crippen LogP contribution in [0, 0.1) is 0 Å². The minimum absolute atomic E-state index is 0.0371. The quantitative estimate of drug-likeness (QED) is 0.578. The molecule has 2 aliphatic heterocycles. The number of allylic oxidation sites excluding steroid dienone is 3. The second kappa shape index (κ2) is 10.2. The van der Waals surface area contributed by atoms with Crippen molar-refractivity contribution in [3.05, 3.63) is 82.2 Å². The molecule has 2 N–H and O–H groups in total. The molecule has 3 aliphatic rings. The number of phenols is 1. The smallest absolute Gasteiger partial charge is 0.336 e. The molecule has 1 aliphatic carbocycles. The van der Waals surface area contributed by atoms with E-state index in [0.29, 0.717) is 41.9 Å². The number of hydrogen-bond donors (Lipinski definition) is 2. The first-order chi connectivity index (χ1) is 17.5. The van der Waals surface area contributed by atoms with E-state index < -0.39 is 11.9 Å². The van der Waals surface area contributed by atoms with E-state index in [1.165, 1.54) is 0 Å². The first-order valence-electron chi connectivity index (χ1n) is 12.4. The van der Waals surface area contributed by atoms with Gasteiger partial charge in [-0.05, 0) is 55.5 Å². The number of Topliss-reactive ketones (excluding diaryl/α,β-unsaturated/α-hetero) is 1. The first-order valence-corrected chi connectivity index (χ1v) is 12.4. The van der Waals surface area contributed by atoms with Gasteiger partial charge in [0.25, 0.3) is 0 Å². The molecule has 0 radical (unpaired) electrons. The Bertz CT molecular complexity index is 1240. The maximum atomic E-state index is 13.7. The van der Waals surface area contributed by atoms with E-state index in [2.05, 4.69) is 5.32 Å². The average Bonchev–Trinajstić information content (AvgIpc) is 3.40. The van der Waals surface area contributed by atoms with Gasteiger partial charge in [0.1, 0.15) is 18.1 Å². The number of carbonyl (C=O) groups is 2. The lowest BCUT2D eigenvalue weighted by molar-refractivity contribution is -0.142. The zero-order valence-electron chi connectivity index (χ0n) is 20.6. The van der Waals surface area contributed by atoms with Crippen molar-refractivity contribution in [2.45, 2.75) is 50.5 Å². The predicted molar refractivity (Wildman–Crippen MR) is 134 cm³/mol. The Morgan fingerprint density at radius 2 is 2.00 bits per heavy atom. The van der Waals surface area contributed by atoms with Crippen molar-refractivity contribution < 1.29 is 28.9 Å². The molecule has 0 bridgehead atoms. The van der Waals surface area contributed by atoms with Crippen LogP contribution in [0.1, 0.15) is 55.6 Å². The highest BCUT2D eigenvalue weighted by molar-refractivity contribution is 6.04. The fourth-order valence-corrected chi connectivity index (χ4v) is 5.59. The Kier molecular flexibility index (Phi) is 6.83. The van der Waals surface area contributed by atoms with Crippen LogP contribution in [0.15, 0.2) is 71.1 Å². The Morgan fingerprint density at radius 1 is 1.17 bits per heavy atom. The topological polar surface area (TPSA) is 94.1 Å². The van der Waals surface area contributed by atoms with Gasteiger partial charge in [-0.1, -0.05) is 30.3 Å². The molecule has 1 saturated heterocycles. The molecule has 7 heteroatoms. The number of rotatable bonds is 6. The van der Waals surface area contributed by atoms with Crippen molar-refractivity contribution in [3.63, 3.8) is 0 Å². The predicted octanol–water partition coefficient (Wildman–Crippen LogP) is 4.48. The first kappa shape index (κ1) is 24.1. The largest absolute Gasteiger partial charge is 0.508 e. The zero-order chi connectivity index (χ0) is 25.2. The van der Waals surface area contributed by atoms with Gasteiger partial charge in [0, 0.05) is 41.8 Å². The van der Waals surface area contributed by atoms with Crippen LogP contribution in [0.4, 0.5) is 0 Å². The lowest BCUT2D eigenvalue weighted by Gasteiger charge is -2.37. The molecule has 1 fully saturated rings. The van der Waals surface area contributed by atoms with Crippen molar-refractivity contribution >= 4 is 11.8 Å². The standard InChI is InChI=1S/C29H31NO6/c1-17-26(29(33)36-16-21-9-6-12-35-21)27(18-7-5-8-20(31)13-18)28-23(30-17)14-19(15-24(28)32)22-10-3-4-11-25(22)34-2/h3-5,7-8,10-11,13,19,21,27,30-31H,6,9,12,14-16H2,1-2H3/t19-,21-,27-/m1/s1. The minimum atomic E-state index is -0.628. The molecule has 0 aromatic heterocycles. The zero-order valence-corrected chi connectivity index (χ0v) is 20.6. The van der Waals surface area contributed by atoms with Gasteiger partial charge in [0.2, 0.25) is 0 Å². The van der Waals surface area contributed by atoms with Crippen LogP contribution in [-0.2, 0) is 19.1 Å². The summed E-state index contributed by atoms with van der Waals surface area (Å²) in [7, 11) is 1.63. The lowest BCUT2D eigenvalue weighted by atomic mass is 9.71. The number of nitrogens with one attached hydrogen (secondary N) is 1.